The first-order valence-electron chi connectivity index (χ1n) is 7.21. The van der Waals surface area contributed by atoms with Gasteiger partial charge in [0.2, 0.25) is 0 Å². The van der Waals surface area contributed by atoms with Crippen LogP contribution in [0.15, 0.2) is 18.3 Å². The van der Waals surface area contributed by atoms with E-state index in [1.807, 2.05) is 0 Å². The Labute approximate surface area is 146 Å². The van der Waals surface area contributed by atoms with Crippen LogP contribution in [0, 0.1) is 24.4 Å². The number of rotatable bonds is 3. The van der Waals surface area contributed by atoms with E-state index in [0.29, 0.717) is 12.1 Å². The highest BCUT2D eigenvalue weighted by Gasteiger charge is 2.36. The Morgan fingerprint density at radius 2 is 1.78 bits per heavy atom. The quantitative estimate of drug-likeness (QED) is 0.596. The number of alkyl halides is 3. The van der Waals surface area contributed by atoms with Crippen molar-refractivity contribution in [1.29, 1.82) is 0 Å². The van der Waals surface area contributed by atoms with Crippen molar-refractivity contribution < 1.29 is 31.1 Å². The van der Waals surface area contributed by atoms with E-state index in [0.717, 1.165) is 13.1 Å². The first-order chi connectivity index (χ1) is 12.6. The molecule has 1 aromatic carbocycles. The average molecular weight is 389 g/mol. The van der Waals surface area contributed by atoms with Crippen LogP contribution in [0.5, 0.6) is 0 Å². The Balaban J connectivity index is 1.94. The third-order valence-corrected chi connectivity index (χ3v) is 3.50. The number of amides is 1. The van der Waals surface area contributed by atoms with Gasteiger partial charge in [0.25, 0.3) is 5.91 Å². The van der Waals surface area contributed by atoms with E-state index in [2.05, 4.69) is 25.5 Å². The van der Waals surface area contributed by atoms with Gasteiger partial charge in [-0.05, 0) is 6.92 Å². The van der Waals surface area contributed by atoms with E-state index in [4.69, 9.17) is 0 Å². The van der Waals surface area contributed by atoms with Crippen molar-refractivity contribution in [3.8, 4) is 11.5 Å². The van der Waals surface area contributed by atoms with E-state index < -0.39 is 40.8 Å². The maximum Gasteiger partial charge on any atom is 0.435 e. The molecule has 27 heavy (non-hydrogen) atoms. The highest BCUT2D eigenvalue weighted by atomic mass is 19.4. The third kappa shape index (κ3) is 3.50. The molecule has 3 aromatic rings. The largest absolute Gasteiger partial charge is 0.435 e. The topological polar surface area (TPSA) is 86.5 Å². The van der Waals surface area contributed by atoms with Crippen LogP contribution in [0.1, 0.15) is 21.7 Å². The molecule has 12 heteroatoms. The Bertz CT molecular complexity index is 999. The Kier molecular flexibility index (Phi) is 4.41. The number of aromatic amines is 2. The van der Waals surface area contributed by atoms with Gasteiger partial charge in [0.1, 0.15) is 23.0 Å². The summed E-state index contributed by atoms with van der Waals surface area (Å²) in [4.78, 5) is 17.9. The zero-order valence-corrected chi connectivity index (χ0v) is 13.3. The summed E-state index contributed by atoms with van der Waals surface area (Å²) in [5, 5.41) is 8.08. The van der Waals surface area contributed by atoms with Crippen molar-refractivity contribution in [1.82, 2.24) is 20.2 Å². The molecule has 6 nitrogen and oxygen atoms in total. The van der Waals surface area contributed by atoms with E-state index in [-0.39, 0.29) is 22.9 Å². The molecule has 3 rings (SSSR count). The highest BCUT2D eigenvalue weighted by molar-refractivity contribution is 6.06. The number of H-pyrrole nitrogens is 2. The van der Waals surface area contributed by atoms with E-state index in [1.54, 1.807) is 0 Å². The summed E-state index contributed by atoms with van der Waals surface area (Å²) in [5.41, 5.74) is -2.92. The summed E-state index contributed by atoms with van der Waals surface area (Å²) >= 11 is 0. The van der Waals surface area contributed by atoms with E-state index in [1.165, 1.54) is 0 Å². The summed E-state index contributed by atoms with van der Waals surface area (Å²) in [6, 6.07) is 0.638. The molecule has 2 heterocycles. The van der Waals surface area contributed by atoms with Crippen LogP contribution >= 0.6 is 0 Å². The molecule has 0 atom stereocenters. The van der Waals surface area contributed by atoms with Crippen LogP contribution in [-0.4, -0.2) is 26.1 Å². The van der Waals surface area contributed by atoms with Crippen molar-refractivity contribution >= 4 is 11.6 Å². The minimum atomic E-state index is -4.71. The van der Waals surface area contributed by atoms with Crippen molar-refractivity contribution in [2.24, 2.45) is 0 Å². The van der Waals surface area contributed by atoms with Gasteiger partial charge >= 0.3 is 6.18 Å². The summed E-state index contributed by atoms with van der Waals surface area (Å²) in [7, 11) is 0. The normalized spacial score (nSPS) is 11.7. The summed E-state index contributed by atoms with van der Waals surface area (Å²) < 4.78 is 78.9. The molecule has 0 radical (unpaired) electrons. The maximum absolute atomic E-state index is 13.7. The van der Waals surface area contributed by atoms with Crippen LogP contribution in [0.4, 0.5) is 32.0 Å². The number of nitrogens with one attached hydrogen (secondary N) is 3. The highest BCUT2D eigenvalue weighted by Crippen LogP contribution is 2.33. The number of aryl methyl sites for hydroxylation is 1. The fraction of sp³-hybridized carbons (Fsp3) is 0.133. The monoisotopic (exact) mass is 389 g/mol. The zero-order valence-electron chi connectivity index (χ0n) is 13.3. The summed E-state index contributed by atoms with van der Waals surface area (Å²) in [5.74, 6) is -5.70. The van der Waals surface area contributed by atoms with Crippen LogP contribution in [0.3, 0.4) is 0 Å². The number of imidazole rings is 1. The van der Waals surface area contributed by atoms with Crippen LogP contribution in [0.25, 0.3) is 11.5 Å². The van der Waals surface area contributed by atoms with Crippen LogP contribution in [0.2, 0.25) is 0 Å². The molecule has 0 saturated heterocycles. The molecule has 0 aliphatic rings. The molecule has 0 fully saturated rings. The van der Waals surface area contributed by atoms with Gasteiger partial charge in [-0.1, -0.05) is 0 Å². The molecular formula is C15H9F6N5O. The lowest BCUT2D eigenvalue weighted by atomic mass is 10.1. The molecule has 3 N–H and O–H groups in total. The van der Waals surface area contributed by atoms with E-state index >= 15 is 0 Å². The first-order valence-corrected chi connectivity index (χ1v) is 7.21. The lowest BCUT2D eigenvalue weighted by Crippen LogP contribution is -2.16. The van der Waals surface area contributed by atoms with Gasteiger partial charge in [-0.2, -0.15) is 18.3 Å². The molecule has 0 spiro atoms. The zero-order chi connectivity index (χ0) is 19.9. The maximum atomic E-state index is 13.7. The number of nitrogens with zero attached hydrogens (tertiary/aromatic N) is 2. The number of halogens is 6. The van der Waals surface area contributed by atoms with Gasteiger partial charge in [-0.3, -0.25) is 9.89 Å². The molecule has 0 saturated carbocycles. The standard InChI is InChI=1S/C15H9F6N5O/c1-5-12(15(19,20)21)25-13(23-5)11-9(4-22-26-11)24-14(27)10-7(17)2-6(16)3-8(10)18/h2-4H,1H3,(H,22,26)(H,23,25)(H,24,27). The van der Waals surface area contributed by atoms with Crippen molar-refractivity contribution in [3.63, 3.8) is 0 Å². The Morgan fingerprint density at radius 1 is 1.15 bits per heavy atom. The van der Waals surface area contributed by atoms with Gasteiger partial charge < -0.3 is 10.3 Å². The fourth-order valence-electron chi connectivity index (χ4n) is 2.36. The lowest BCUT2D eigenvalue weighted by Gasteiger charge is -2.07. The molecule has 142 valence electrons. The van der Waals surface area contributed by atoms with Gasteiger partial charge in [0.15, 0.2) is 17.2 Å². The second kappa shape index (κ2) is 6.45. The van der Waals surface area contributed by atoms with Gasteiger partial charge in [-0.25, -0.2) is 18.2 Å². The minimum Gasteiger partial charge on any atom is -0.340 e. The van der Waals surface area contributed by atoms with Crippen LogP contribution in [-0.2, 0) is 6.18 Å². The molecule has 0 bridgehead atoms. The van der Waals surface area contributed by atoms with Gasteiger partial charge in [0.05, 0.1) is 5.69 Å². The number of hydrogen-bond donors (Lipinski definition) is 3. The third-order valence-electron chi connectivity index (χ3n) is 3.50. The smallest absolute Gasteiger partial charge is 0.340 e. The number of carbonyl (C=O) groups excluding carboxylic acids is 1. The first kappa shape index (κ1) is 18.5. The molecule has 0 aliphatic carbocycles. The number of carbonyl (C=O) groups is 1. The Morgan fingerprint density at radius 3 is 2.33 bits per heavy atom. The number of anilines is 1. The molecule has 1 amide bonds. The van der Waals surface area contributed by atoms with Crippen LogP contribution < -0.4 is 5.32 Å². The summed E-state index contributed by atoms with van der Waals surface area (Å²) in [6.45, 7) is 1.15. The second-order valence-electron chi connectivity index (χ2n) is 5.40. The Hall–Kier alpha value is -3.31. The lowest BCUT2D eigenvalue weighted by molar-refractivity contribution is -0.141. The number of benzene rings is 1. The van der Waals surface area contributed by atoms with Crippen molar-refractivity contribution in [2.45, 2.75) is 13.1 Å². The van der Waals surface area contributed by atoms with Gasteiger partial charge in [-0.15, -0.1) is 0 Å². The summed E-state index contributed by atoms with van der Waals surface area (Å²) in [6.07, 6.45) is -3.63. The van der Waals surface area contributed by atoms with E-state index in [9.17, 15) is 31.1 Å². The average Bonchev–Trinajstić information content (AvgIpc) is 3.11. The SMILES string of the molecule is Cc1[nH]c(-c2n[nH]cc2NC(=O)c2c(F)cc(F)cc2F)nc1C(F)(F)F. The minimum absolute atomic E-state index is 0.189. The molecule has 0 unspecified atom stereocenters. The predicted octanol–water partition coefficient (Wildman–Crippen LogP) is 3.80. The van der Waals surface area contributed by atoms with Crippen molar-refractivity contribution in [3.05, 3.63) is 52.7 Å². The second-order valence-corrected chi connectivity index (χ2v) is 5.40. The van der Waals surface area contributed by atoms with Crippen molar-refractivity contribution in [2.75, 3.05) is 5.32 Å². The number of hydrogen-bond acceptors (Lipinski definition) is 3. The predicted molar refractivity (Wildman–Crippen MR) is 80.2 cm³/mol. The van der Waals surface area contributed by atoms with Gasteiger partial charge in [0, 0.05) is 24.0 Å². The molecular weight excluding hydrogens is 380 g/mol. The fourth-order valence-corrected chi connectivity index (χ4v) is 2.36. The molecule has 0 aliphatic heterocycles. The number of aromatic nitrogens is 4. The molecule has 2 aromatic heterocycles.